The van der Waals surface area contributed by atoms with Crippen molar-refractivity contribution in [3.8, 4) is 0 Å². The lowest BCUT2D eigenvalue weighted by atomic mass is 10.00. The van der Waals surface area contributed by atoms with Crippen LogP contribution >= 0.6 is 15.6 Å². The molecule has 0 aromatic rings. The van der Waals surface area contributed by atoms with Crippen molar-refractivity contribution in [2.75, 3.05) is 39.6 Å². The maximum absolute atomic E-state index is 13.0. The van der Waals surface area contributed by atoms with Gasteiger partial charge in [0.15, 0.2) is 12.2 Å². The van der Waals surface area contributed by atoms with E-state index >= 15 is 0 Å². The van der Waals surface area contributed by atoms with E-state index in [-0.39, 0.29) is 25.7 Å². The van der Waals surface area contributed by atoms with Gasteiger partial charge >= 0.3 is 39.5 Å². The van der Waals surface area contributed by atoms with Crippen LogP contribution < -0.4 is 0 Å². The number of phosphoric acid groups is 2. The Balaban J connectivity index is 5.26. The molecule has 3 unspecified atom stereocenters. The number of hydrogen-bond acceptors (Lipinski definition) is 15. The van der Waals surface area contributed by atoms with Crippen LogP contribution in [0, 0.1) is 17.8 Å². The minimum Gasteiger partial charge on any atom is -0.462 e. The smallest absolute Gasteiger partial charge is 0.462 e. The molecule has 0 rings (SSSR count). The number of rotatable bonds is 66. The molecule has 3 N–H and O–H groups in total. The highest BCUT2D eigenvalue weighted by atomic mass is 31.2. The summed E-state index contributed by atoms with van der Waals surface area (Å²) in [7, 11) is -9.90. The molecule has 0 aliphatic carbocycles. The van der Waals surface area contributed by atoms with Crippen LogP contribution in [-0.4, -0.2) is 96.7 Å². The molecule has 516 valence electrons. The number of aliphatic hydroxyl groups excluding tert-OH is 1. The lowest BCUT2D eigenvalue weighted by molar-refractivity contribution is -0.161. The molecular weight excluding hydrogens is 1150 g/mol. The van der Waals surface area contributed by atoms with Gasteiger partial charge in [0.2, 0.25) is 0 Å². The Labute approximate surface area is 530 Å². The fraction of sp³-hybridized carbons (Fsp3) is 0.941. The molecule has 0 spiro atoms. The maximum Gasteiger partial charge on any atom is 0.472 e. The van der Waals surface area contributed by atoms with E-state index in [1.165, 1.54) is 141 Å². The molecule has 0 saturated carbocycles. The fourth-order valence-electron chi connectivity index (χ4n) is 10.2. The normalized spacial score (nSPS) is 14.6. The van der Waals surface area contributed by atoms with Crippen molar-refractivity contribution in [3.05, 3.63) is 0 Å². The van der Waals surface area contributed by atoms with E-state index in [1.54, 1.807) is 0 Å². The maximum atomic E-state index is 13.0. The molecule has 0 bridgehead atoms. The summed E-state index contributed by atoms with van der Waals surface area (Å²) < 4.78 is 68.2. The molecular formula is C68H132O17P2. The number of hydrogen-bond donors (Lipinski definition) is 3. The average molecular weight is 1280 g/mol. The van der Waals surface area contributed by atoms with Crippen LogP contribution in [0.4, 0.5) is 0 Å². The second-order valence-corrected chi connectivity index (χ2v) is 28.7. The zero-order valence-electron chi connectivity index (χ0n) is 56.5. The third-order valence-corrected chi connectivity index (χ3v) is 17.9. The van der Waals surface area contributed by atoms with Gasteiger partial charge in [0.25, 0.3) is 0 Å². The predicted octanol–water partition coefficient (Wildman–Crippen LogP) is 19.1. The number of unbranched alkanes of at least 4 members (excludes halogenated alkanes) is 33. The van der Waals surface area contributed by atoms with Crippen LogP contribution in [0.15, 0.2) is 0 Å². The Kier molecular flexibility index (Phi) is 57.8. The summed E-state index contributed by atoms with van der Waals surface area (Å²) in [5.41, 5.74) is 0. The average Bonchev–Trinajstić information content (AvgIpc) is 3.69. The summed E-state index contributed by atoms with van der Waals surface area (Å²) in [6, 6.07) is 0. The van der Waals surface area contributed by atoms with Crippen LogP contribution in [0.3, 0.4) is 0 Å². The van der Waals surface area contributed by atoms with E-state index in [9.17, 15) is 43.2 Å². The summed E-state index contributed by atoms with van der Waals surface area (Å²) in [6.45, 7) is 11.8. The summed E-state index contributed by atoms with van der Waals surface area (Å²) >= 11 is 0. The highest BCUT2D eigenvalue weighted by Gasteiger charge is 2.30. The first kappa shape index (κ1) is 85.1. The van der Waals surface area contributed by atoms with Crippen molar-refractivity contribution in [2.45, 2.75) is 356 Å². The van der Waals surface area contributed by atoms with E-state index in [4.69, 9.17) is 37.0 Å². The van der Waals surface area contributed by atoms with Crippen LogP contribution in [0.1, 0.15) is 337 Å². The second kappa shape index (κ2) is 59.1. The molecule has 6 atom stereocenters. The van der Waals surface area contributed by atoms with Gasteiger partial charge in [-0.05, 0) is 43.4 Å². The van der Waals surface area contributed by atoms with Gasteiger partial charge in [-0.1, -0.05) is 286 Å². The molecule has 0 aliphatic rings. The largest absolute Gasteiger partial charge is 0.472 e. The number of ether oxygens (including phenoxy) is 4. The molecule has 19 heteroatoms. The molecule has 0 heterocycles. The van der Waals surface area contributed by atoms with Crippen molar-refractivity contribution >= 4 is 39.5 Å². The minimum atomic E-state index is -4.95. The van der Waals surface area contributed by atoms with Crippen molar-refractivity contribution in [1.29, 1.82) is 0 Å². The molecule has 0 amide bonds. The van der Waals surface area contributed by atoms with Gasteiger partial charge in [0.1, 0.15) is 19.3 Å². The third kappa shape index (κ3) is 61.3. The van der Waals surface area contributed by atoms with Gasteiger partial charge in [-0.25, -0.2) is 9.13 Å². The van der Waals surface area contributed by atoms with Crippen molar-refractivity contribution in [3.63, 3.8) is 0 Å². The Morgan fingerprint density at radius 2 is 0.586 bits per heavy atom. The molecule has 0 fully saturated rings. The third-order valence-electron chi connectivity index (χ3n) is 16.0. The first-order valence-electron chi connectivity index (χ1n) is 35.4. The van der Waals surface area contributed by atoms with Gasteiger partial charge in [-0.15, -0.1) is 0 Å². The quantitative estimate of drug-likeness (QED) is 0.0222. The van der Waals surface area contributed by atoms with E-state index < -0.39 is 97.5 Å². The van der Waals surface area contributed by atoms with Gasteiger partial charge in [-0.3, -0.25) is 37.3 Å². The predicted molar refractivity (Wildman–Crippen MR) is 349 cm³/mol. The summed E-state index contributed by atoms with van der Waals surface area (Å²) in [6.07, 6.45) is 41.6. The first-order chi connectivity index (χ1) is 41.8. The Bertz CT molecular complexity index is 1720. The Morgan fingerprint density at radius 1 is 0.333 bits per heavy atom. The Hall–Kier alpha value is -1.94. The van der Waals surface area contributed by atoms with Crippen molar-refractivity contribution in [2.24, 2.45) is 17.8 Å². The van der Waals surface area contributed by atoms with Crippen molar-refractivity contribution in [1.82, 2.24) is 0 Å². The van der Waals surface area contributed by atoms with E-state index in [0.717, 1.165) is 114 Å². The zero-order chi connectivity index (χ0) is 64.5. The summed E-state index contributed by atoms with van der Waals surface area (Å²) in [5.74, 6) is 0.0815. The number of esters is 4. The lowest BCUT2D eigenvalue weighted by Gasteiger charge is -2.21. The number of phosphoric ester groups is 2. The molecule has 0 aliphatic heterocycles. The van der Waals surface area contributed by atoms with Crippen LogP contribution in [0.25, 0.3) is 0 Å². The molecule has 87 heavy (non-hydrogen) atoms. The Morgan fingerprint density at radius 3 is 0.874 bits per heavy atom. The van der Waals surface area contributed by atoms with E-state index in [0.29, 0.717) is 25.7 Å². The van der Waals surface area contributed by atoms with Gasteiger partial charge in [0, 0.05) is 25.7 Å². The minimum absolute atomic E-state index is 0.104. The zero-order valence-corrected chi connectivity index (χ0v) is 58.3. The van der Waals surface area contributed by atoms with Crippen molar-refractivity contribution < 1.29 is 80.2 Å². The van der Waals surface area contributed by atoms with Gasteiger partial charge < -0.3 is 33.8 Å². The lowest BCUT2D eigenvalue weighted by Crippen LogP contribution is -2.30. The standard InChI is InChI=1S/C68H132O17P2/c1-8-10-11-12-13-14-15-16-17-22-28-37-44-51-67(72)84-63(55-78-65(70)49-42-35-27-23-18-20-25-32-39-46-59(3)4)57-82-86(74,75)80-53-62(69)54-81-87(76,77)83-58-64(56-79-66(71)50-43-36-31-30-34-41-48-61(7)9-2)85-68(73)52-45-38-29-24-19-21-26-33-40-47-60(5)6/h59-64,69H,8-58H2,1-7H3,(H,74,75)(H,76,77)/t61?,62-,63-,64-/m1/s1. The number of carbonyl (C=O) groups is 4. The fourth-order valence-corrected chi connectivity index (χ4v) is 11.7. The van der Waals surface area contributed by atoms with Crippen LogP contribution in [-0.2, 0) is 65.4 Å². The topological polar surface area (TPSA) is 237 Å². The van der Waals surface area contributed by atoms with E-state index in [1.807, 2.05) is 0 Å². The summed E-state index contributed by atoms with van der Waals surface area (Å²) in [5, 5.41) is 10.6. The second-order valence-electron chi connectivity index (χ2n) is 25.8. The monoisotopic (exact) mass is 1280 g/mol. The highest BCUT2D eigenvalue weighted by Crippen LogP contribution is 2.45. The van der Waals surface area contributed by atoms with E-state index in [2.05, 4.69) is 48.5 Å². The number of aliphatic hydroxyl groups is 1. The molecule has 0 radical (unpaired) electrons. The highest BCUT2D eigenvalue weighted by molar-refractivity contribution is 7.47. The van der Waals surface area contributed by atoms with Crippen LogP contribution in [0.5, 0.6) is 0 Å². The number of carbonyl (C=O) groups excluding carboxylic acids is 4. The summed E-state index contributed by atoms with van der Waals surface area (Å²) in [4.78, 5) is 72.4. The SMILES string of the molecule is CCCCCCCCCCCCCCCC(=O)O[C@H](COC(=O)CCCCCCCCCCCC(C)C)COP(=O)(O)OC[C@@H](O)COP(=O)(O)OC[C@@H](COC(=O)CCCCCCCCC(C)CC)OC(=O)CCCCCCCCCCCC(C)C. The molecule has 17 nitrogen and oxygen atoms in total. The first-order valence-corrected chi connectivity index (χ1v) is 38.4. The molecule has 0 aromatic heterocycles. The molecule has 0 saturated heterocycles. The molecule has 0 aromatic carbocycles. The van der Waals surface area contributed by atoms with Crippen LogP contribution in [0.2, 0.25) is 0 Å². The van der Waals surface area contributed by atoms with Gasteiger partial charge in [-0.2, -0.15) is 0 Å². The van der Waals surface area contributed by atoms with Gasteiger partial charge in [0.05, 0.1) is 26.4 Å².